The van der Waals surface area contributed by atoms with Crippen LogP contribution >= 0.6 is 11.6 Å². The van der Waals surface area contributed by atoms with Gasteiger partial charge in [0.15, 0.2) is 0 Å². The van der Waals surface area contributed by atoms with E-state index in [4.69, 9.17) is 11.6 Å². The fourth-order valence-electron chi connectivity index (χ4n) is 2.27. The van der Waals surface area contributed by atoms with Crippen molar-refractivity contribution in [3.05, 3.63) is 22.6 Å². The molecule has 0 saturated carbocycles. The Labute approximate surface area is 113 Å². The number of hydrogen-bond donors (Lipinski definition) is 0. The van der Waals surface area contributed by atoms with E-state index in [0.717, 1.165) is 31.6 Å². The summed E-state index contributed by atoms with van der Waals surface area (Å²) in [4.78, 5) is 14.2. The Bertz CT molecular complexity index is 426. The van der Waals surface area contributed by atoms with Crippen molar-refractivity contribution < 1.29 is 0 Å². The minimum atomic E-state index is -0.00681. The summed E-state index contributed by atoms with van der Waals surface area (Å²) >= 11 is 5.62. The van der Waals surface area contributed by atoms with Crippen LogP contribution in [0.2, 0.25) is 0 Å². The van der Waals surface area contributed by atoms with Crippen LogP contribution in [0.25, 0.3) is 0 Å². The van der Waals surface area contributed by atoms with E-state index in [0.29, 0.717) is 12.4 Å². The van der Waals surface area contributed by atoms with E-state index in [9.17, 15) is 4.79 Å². The average Bonchev–Trinajstić information content (AvgIpc) is 2.42. The Balaban J connectivity index is 2.02. The molecule has 0 unspecified atom stereocenters. The molecule has 1 aliphatic heterocycles. The van der Waals surface area contributed by atoms with Crippen LogP contribution in [0.5, 0.6) is 0 Å². The Morgan fingerprint density at radius 3 is 2.67 bits per heavy atom. The van der Waals surface area contributed by atoms with Gasteiger partial charge in [0.2, 0.25) is 0 Å². The van der Waals surface area contributed by atoms with Gasteiger partial charge >= 0.3 is 0 Å². The van der Waals surface area contributed by atoms with Gasteiger partial charge in [0.1, 0.15) is 0 Å². The predicted molar refractivity (Wildman–Crippen MR) is 74.5 cm³/mol. The first kappa shape index (κ1) is 13.4. The predicted octanol–water partition coefficient (Wildman–Crippen LogP) is 2.25. The Morgan fingerprint density at radius 2 is 2.00 bits per heavy atom. The van der Waals surface area contributed by atoms with Crippen LogP contribution in [0, 0.1) is 0 Å². The number of nitrogens with zero attached hydrogens (tertiary/aromatic N) is 3. The Hall–Kier alpha value is -1.03. The zero-order chi connectivity index (χ0) is 12.8. The van der Waals surface area contributed by atoms with Crippen molar-refractivity contribution in [2.75, 3.05) is 23.9 Å². The van der Waals surface area contributed by atoms with E-state index in [1.54, 1.807) is 6.07 Å². The second kappa shape index (κ2) is 6.78. The lowest BCUT2D eigenvalue weighted by molar-refractivity contribution is 0.537. The first-order chi connectivity index (χ1) is 8.81. The summed E-state index contributed by atoms with van der Waals surface area (Å²) in [6.45, 7) is 2.74. The topological polar surface area (TPSA) is 38.1 Å². The summed E-state index contributed by atoms with van der Waals surface area (Å²) in [6.07, 6.45) is 7.34. The molecule has 0 spiro atoms. The monoisotopic (exact) mass is 269 g/mol. The number of alkyl halides is 1. The first-order valence-electron chi connectivity index (χ1n) is 6.69. The van der Waals surface area contributed by atoms with E-state index in [1.165, 1.54) is 23.9 Å². The number of piperidine rings is 1. The standard InChI is InChI=1S/C13H20ClN3O/c14-6-2-5-9-17-13(18)10-12(11-15-17)16-7-3-1-4-8-16/h10-11H,1-9H2. The van der Waals surface area contributed by atoms with Gasteiger partial charge in [-0.2, -0.15) is 5.10 Å². The Kier molecular flexibility index (Phi) is 5.05. The molecule has 0 bridgehead atoms. The molecule has 2 rings (SSSR count). The maximum absolute atomic E-state index is 11.9. The molecular formula is C13H20ClN3O. The van der Waals surface area contributed by atoms with Gasteiger partial charge in [0.05, 0.1) is 11.9 Å². The third-order valence-electron chi connectivity index (χ3n) is 3.33. The zero-order valence-electron chi connectivity index (χ0n) is 10.6. The molecule has 4 nitrogen and oxygen atoms in total. The molecule has 0 N–H and O–H groups in total. The third-order valence-corrected chi connectivity index (χ3v) is 3.60. The molecule has 1 saturated heterocycles. The maximum Gasteiger partial charge on any atom is 0.268 e. The number of rotatable bonds is 5. The molecule has 1 fully saturated rings. The summed E-state index contributed by atoms with van der Waals surface area (Å²) < 4.78 is 1.53. The minimum Gasteiger partial charge on any atom is -0.370 e. The number of aromatic nitrogens is 2. The lowest BCUT2D eigenvalue weighted by atomic mass is 10.1. The van der Waals surface area contributed by atoms with E-state index in [1.807, 2.05) is 6.20 Å². The smallest absolute Gasteiger partial charge is 0.268 e. The molecule has 1 aromatic rings. The molecule has 0 amide bonds. The van der Waals surface area contributed by atoms with Crippen molar-refractivity contribution in [2.24, 2.45) is 0 Å². The summed E-state index contributed by atoms with van der Waals surface area (Å²) in [5, 5.41) is 4.24. The van der Waals surface area contributed by atoms with Crippen LogP contribution in [-0.2, 0) is 6.54 Å². The van der Waals surface area contributed by atoms with Gasteiger partial charge in [-0.05, 0) is 32.1 Å². The van der Waals surface area contributed by atoms with Crippen molar-refractivity contribution in [1.29, 1.82) is 0 Å². The molecule has 1 aromatic heterocycles. The van der Waals surface area contributed by atoms with Gasteiger partial charge in [-0.1, -0.05) is 0 Å². The van der Waals surface area contributed by atoms with Crippen molar-refractivity contribution in [2.45, 2.75) is 38.6 Å². The van der Waals surface area contributed by atoms with Crippen molar-refractivity contribution in [3.8, 4) is 0 Å². The molecule has 1 aliphatic rings. The lowest BCUT2D eigenvalue weighted by Gasteiger charge is -2.28. The Morgan fingerprint density at radius 1 is 1.22 bits per heavy atom. The van der Waals surface area contributed by atoms with Crippen LogP contribution in [0.15, 0.2) is 17.1 Å². The van der Waals surface area contributed by atoms with Crippen LogP contribution in [-0.4, -0.2) is 28.8 Å². The second-order valence-electron chi connectivity index (χ2n) is 4.72. The highest BCUT2D eigenvalue weighted by Crippen LogP contribution is 2.16. The number of hydrogen-bond acceptors (Lipinski definition) is 3. The van der Waals surface area contributed by atoms with Crippen LogP contribution in [0.1, 0.15) is 32.1 Å². The van der Waals surface area contributed by atoms with E-state index in [2.05, 4.69) is 10.00 Å². The molecule has 2 heterocycles. The van der Waals surface area contributed by atoms with Crippen molar-refractivity contribution in [1.82, 2.24) is 9.78 Å². The molecular weight excluding hydrogens is 250 g/mol. The van der Waals surface area contributed by atoms with Crippen molar-refractivity contribution >= 4 is 17.3 Å². The molecule has 0 radical (unpaired) electrons. The van der Waals surface area contributed by atoms with Gasteiger partial charge in [0.25, 0.3) is 5.56 Å². The quantitative estimate of drug-likeness (QED) is 0.608. The second-order valence-corrected chi connectivity index (χ2v) is 5.10. The van der Waals surface area contributed by atoms with E-state index < -0.39 is 0 Å². The number of anilines is 1. The fourth-order valence-corrected chi connectivity index (χ4v) is 2.46. The molecule has 18 heavy (non-hydrogen) atoms. The van der Waals surface area contributed by atoms with Crippen LogP contribution in [0.4, 0.5) is 5.69 Å². The number of unbranched alkanes of at least 4 members (excludes halogenated alkanes) is 1. The fraction of sp³-hybridized carbons (Fsp3) is 0.692. The molecule has 100 valence electrons. The summed E-state index contributed by atoms with van der Waals surface area (Å²) in [5.41, 5.74) is 0.959. The highest BCUT2D eigenvalue weighted by atomic mass is 35.5. The molecule has 0 aromatic carbocycles. The summed E-state index contributed by atoms with van der Waals surface area (Å²) in [7, 11) is 0. The van der Waals surface area contributed by atoms with Crippen LogP contribution < -0.4 is 10.5 Å². The highest BCUT2D eigenvalue weighted by molar-refractivity contribution is 6.17. The molecule has 5 heteroatoms. The van der Waals surface area contributed by atoms with Gasteiger partial charge < -0.3 is 4.90 Å². The van der Waals surface area contributed by atoms with Crippen molar-refractivity contribution in [3.63, 3.8) is 0 Å². The lowest BCUT2D eigenvalue weighted by Crippen LogP contribution is -2.32. The van der Waals surface area contributed by atoms with Gasteiger partial charge in [-0.3, -0.25) is 4.79 Å². The first-order valence-corrected chi connectivity index (χ1v) is 7.23. The normalized spacial score (nSPS) is 15.9. The third kappa shape index (κ3) is 3.48. The molecule has 0 aliphatic carbocycles. The molecule has 0 atom stereocenters. The van der Waals surface area contributed by atoms with Gasteiger partial charge in [-0.15, -0.1) is 11.6 Å². The van der Waals surface area contributed by atoms with Crippen LogP contribution in [0.3, 0.4) is 0 Å². The summed E-state index contributed by atoms with van der Waals surface area (Å²) in [6, 6.07) is 1.71. The van der Waals surface area contributed by atoms with E-state index >= 15 is 0 Å². The number of halogens is 1. The summed E-state index contributed by atoms with van der Waals surface area (Å²) in [5.74, 6) is 0.639. The van der Waals surface area contributed by atoms with Gasteiger partial charge in [0, 0.05) is 31.6 Å². The van der Waals surface area contributed by atoms with E-state index in [-0.39, 0.29) is 5.56 Å². The average molecular weight is 270 g/mol. The SMILES string of the molecule is O=c1cc(N2CCCCC2)cnn1CCCCCl. The maximum atomic E-state index is 11.9. The highest BCUT2D eigenvalue weighted by Gasteiger charge is 2.12. The number of aryl methyl sites for hydroxylation is 1. The minimum absolute atomic E-state index is 0.00681. The largest absolute Gasteiger partial charge is 0.370 e. The van der Waals surface area contributed by atoms with Gasteiger partial charge in [-0.25, -0.2) is 4.68 Å². The zero-order valence-corrected chi connectivity index (χ0v) is 11.4.